The van der Waals surface area contributed by atoms with Gasteiger partial charge in [0, 0.05) is 6.04 Å². The second kappa shape index (κ2) is 4.78. The lowest BCUT2D eigenvalue weighted by molar-refractivity contribution is -0.145. The number of aliphatic carboxylic acids is 1. The molecule has 0 aromatic carbocycles. The second-order valence-electron chi connectivity index (χ2n) is 6.58. The zero-order valence-corrected chi connectivity index (χ0v) is 10.9. The van der Waals surface area contributed by atoms with Gasteiger partial charge in [-0.25, -0.2) is 0 Å². The lowest BCUT2D eigenvalue weighted by Crippen LogP contribution is -2.57. The van der Waals surface area contributed by atoms with Crippen LogP contribution >= 0.6 is 0 Å². The van der Waals surface area contributed by atoms with Gasteiger partial charge in [0.25, 0.3) is 0 Å². The monoisotopic (exact) mass is 267 g/mol. The van der Waals surface area contributed by atoms with Crippen LogP contribution in [-0.4, -0.2) is 34.2 Å². The first kappa shape index (κ1) is 12.9. The molecule has 1 amide bonds. The van der Waals surface area contributed by atoms with Crippen molar-refractivity contribution in [1.82, 2.24) is 5.32 Å². The quantitative estimate of drug-likeness (QED) is 0.702. The van der Waals surface area contributed by atoms with Crippen molar-refractivity contribution in [2.75, 3.05) is 0 Å². The van der Waals surface area contributed by atoms with Crippen molar-refractivity contribution in [3.8, 4) is 0 Å². The van der Waals surface area contributed by atoms with E-state index in [0.29, 0.717) is 11.8 Å². The molecule has 1 atom stereocenters. The Morgan fingerprint density at radius 1 is 1.05 bits per heavy atom. The molecule has 0 heterocycles. The number of aliphatic hydroxyl groups excluding tert-OH is 1. The zero-order valence-electron chi connectivity index (χ0n) is 10.9. The Hall–Kier alpha value is -1.10. The molecule has 0 aromatic heterocycles. The van der Waals surface area contributed by atoms with E-state index in [0.717, 1.165) is 11.8 Å². The molecule has 4 aliphatic rings. The van der Waals surface area contributed by atoms with Crippen molar-refractivity contribution in [3.63, 3.8) is 0 Å². The SMILES string of the molecule is O=C(O)CC(O)C(=O)NC1C2CC3CC(C2)CC1C3. The van der Waals surface area contributed by atoms with Gasteiger partial charge in [0.15, 0.2) is 0 Å². The molecule has 1 unspecified atom stereocenters. The highest BCUT2D eigenvalue weighted by Crippen LogP contribution is 2.53. The van der Waals surface area contributed by atoms with Gasteiger partial charge in [-0.3, -0.25) is 9.59 Å². The van der Waals surface area contributed by atoms with E-state index in [1.54, 1.807) is 0 Å². The fraction of sp³-hybridized carbons (Fsp3) is 0.857. The average Bonchev–Trinajstić information content (AvgIpc) is 2.31. The van der Waals surface area contributed by atoms with Crippen LogP contribution in [0.2, 0.25) is 0 Å². The lowest BCUT2D eigenvalue weighted by atomic mass is 9.54. The third-order valence-electron chi connectivity index (χ3n) is 5.21. The Kier molecular flexibility index (Phi) is 3.25. The van der Waals surface area contributed by atoms with E-state index < -0.39 is 24.4 Å². The number of carbonyl (C=O) groups is 2. The summed E-state index contributed by atoms with van der Waals surface area (Å²) >= 11 is 0. The van der Waals surface area contributed by atoms with E-state index >= 15 is 0 Å². The van der Waals surface area contributed by atoms with Crippen molar-refractivity contribution in [2.45, 2.75) is 50.7 Å². The Morgan fingerprint density at radius 3 is 2.05 bits per heavy atom. The summed E-state index contributed by atoms with van der Waals surface area (Å²) in [7, 11) is 0. The third-order valence-corrected chi connectivity index (χ3v) is 5.21. The smallest absolute Gasteiger partial charge is 0.306 e. The molecule has 0 aromatic rings. The van der Waals surface area contributed by atoms with Crippen LogP contribution in [0.4, 0.5) is 0 Å². The van der Waals surface area contributed by atoms with Crippen LogP contribution in [0.5, 0.6) is 0 Å². The van der Waals surface area contributed by atoms with Gasteiger partial charge in [-0.15, -0.1) is 0 Å². The van der Waals surface area contributed by atoms with Gasteiger partial charge >= 0.3 is 5.97 Å². The van der Waals surface area contributed by atoms with Gasteiger partial charge in [0.05, 0.1) is 6.42 Å². The molecular formula is C14H21NO4. The number of hydrogen-bond acceptors (Lipinski definition) is 3. The average molecular weight is 267 g/mol. The number of carbonyl (C=O) groups excluding carboxylic acids is 1. The van der Waals surface area contributed by atoms with Crippen LogP contribution in [0.1, 0.15) is 38.5 Å². The minimum absolute atomic E-state index is 0.156. The molecular weight excluding hydrogens is 246 g/mol. The van der Waals surface area contributed by atoms with Gasteiger partial charge in [0.1, 0.15) is 6.10 Å². The van der Waals surface area contributed by atoms with Crippen LogP contribution in [0.3, 0.4) is 0 Å². The first-order chi connectivity index (χ1) is 9.02. The van der Waals surface area contributed by atoms with Crippen molar-refractivity contribution < 1.29 is 19.8 Å². The molecule has 4 rings (SSSR count). The molecule has 5 heteroatoms. The van der Waals surface area contributed by atoms with Gasteiger partial charge < -0.3 is 15.5 Å². The Morgan fingerprint density at radius 2 is 1.58 bits per heavy atom. The molecule has 4 fully saturated rings. The number of aliphatic hydroxyl groups is 1. The van der Waals surface area contributed by atoms with Crippen LogP contribution in [0.25, 0.3) is 0 Å². The number of amides is 1. The predicted molar refractivity (Wildman–Crippen MR) is 67.2 cm³/mol. The fourth-order valence-corrected chi connectivity index (χ4v) is 4.68. The molecule has 19 heavy (non-hydrogen) atoms. The maximum atomic E-state index is 11.8. The van der Waals surface area contributed by atoms with Crippen LogP contribution < -0.4 is 5.32 Å². The first-order valence-electron chi connectivity index (χ1n) is 7.23. The van der Waals surface area contributed by atoms with Crippen LogP contribution in [-0.2, 0) is 9.59 Å². The summed E-state index contributed by atoms with van der Waals surface area (Å²) in [6, 6.07) is 0.156. The largest absolute Gasteiger partial charge is 0.481 e. The van der Waals surface area contributed by atoms with E-state index in [1.807, 2.05) is 0 Å². The van der Waals surface area contributed by atoms with E-state index in [9.17, 15) is 14.7 Å². The molecule has 3 N–H and O–H groups in total. The predicted octanol–water partition coefficient (Wildman–Crippen LogP) is 0.763. The summed E-state index contributed by atoms with van der Waals surface area (Å²) in [6.45, 7) is 0. The van der Waals surface area contributed by atoms with Gasteiger partial charge in [-0.2, -0.15) is 0 Å². The lowest BCUT2D eigenvalue weighted by Gasteiger charge is -2.54. The summed E-state index contributed by atoms with van der Waals surface area (Å²) in [5.74, 6) is 1.08. The van der Waals surface area contributed by atoms with Gasteiger partial charge in [0.2, 0.25) is 5.91 Å². The maximum absolute atomic E-state index is 11.8. The highest BCUT2D eigenvalue weighted by molar-refractivity contribution is 5.85. The second-order valence-corrected chi connectivity index (χ2v) is 6.58. The fourth-order valence-electron chi connectivity index (χ4n) is 4.68. The summed E-state index contributed by atoms with van der Waals surface area (Å²) in [6.07, 6.45) is 4.17. The van der Waals surface area contributed by atoms with Crippen molar-refractivity contribution in [1.29, 1.82) is 0 Å². The van der Waals surface area contributed by atoms with Crippen molar-refractivity contribution in [2.24, 2.45) is 23.7 Å². The molecule has 0 radical (unpaired) electrons. The van der Waals surface area contributed by atoms with Gasteiger partial charge in [-0.05, 0) is 55.8 Å². The molecule has 5 nitrogen and oxygen atoms in total. The first-order valence-corrected chi connectivity index (χ1v) is 7.23. The van der Waals surface area contributed by atoms with Crippen LogP contribution in [0, 0.1) is 23.7 Å². The normalized spacial score (nSPS) is 41.0. The van der Waals surface area contributed by atoms with E-state index in [2.05, 4.69) is 5.32 Å². The summed E-state index contributed by atoms with van der Waals surface area (Å²) in [5.41, 5.74) is 0. The van der Waals surface area contributed by atoms with Gasteiger partial charge in [-0.1, -0.05) is 0 Å². The number of nitrogens with one attached hydrogen (secondary N) is 1. The number of carboxylic acid groups (broad SMARTS) is 1. The zero-order chi connectivity index (χ0) is 13.6. The Labute approximate surface area is 112 Å². The van der Waals surface area contributed by atoms with Crippen molar-refractivity contribution >= 4 is 11.9 Å². The number of rotatable bonds is 4. The minimum Gasteiger partial charge on any atom is -0.481 e. The number of carboxylic acids is 1. The topological polar surface area (TPSA) is 86.6 Å². The highest BCUT2D eigenvalue weighted by Gasteiger charge is 2.48. The standard InChI is InChI=1S/C14H21NO4/c16-11(6-12(17)18)14(19)15-13-9-2-7-1-8(4-9)5-10(13)3-7/h7-11,13,16H,1-6H2,(H,15,19)(H,17,18). The highest BCUT2D eigenvalue weighted by atomic mass is 16.4. The third kappa shape index (κ3) is 2.48. The summed E-state index contributed by atoms with van der Waals surface area (Å²) in [5, 5.41) is 21.1. The molecule has 106 valence electrons. The Bertz CT molecular complexity index is 367. The Balaban J connectivity index is 1.61. The maximum Gasteiger partial charge on any atom is 0.306 e. The molecule has 0 aliphatic heterocycles. The van der Waals surface area contributed by atoms with E-state index in [4.69, 9.17) is 5.11 Å². The number of hydrogen-bond donors (Lipinski definition) is 3. The summed E-state index contributed by atoms with van der Waals surface area (Å²) in [4.78, 5) is 22.4. The molecule has 4 bridgehead atoms. The molecule has 4 aliphatic carbocycles. The summed E-state index contributed by atoms with van der Waals surface area (Å²) < 4.78 is 0. The molecule has 4 saturated carbocycles. The van der Waals surface area contributed by atoms with E-state index in [-0.39, 0.29) is 6.04 Å². The molecule has 0 saturated heterocycles. The van der Waals surface area contributed by atoms with Crippen molar-refractivity contribution in [3.05, 3.63) is 0 Å². The minimum atomic E-state index is -1.42. The van der Waals surface area contributed by atoms with E-state index in [1.165, 1.54) is 32.1 Å². The van der Waals surface area contributed by atoms with Crippen LogP contribution in [0.15, 0.2) is 0 Å². The molecule has 0 spiro atoms.